The molecular formula is C21H26N4O3S. The van der Waals surface area contributed by atoms with Crippen LogP contribution in [0.15, 0.2) is 29.8 Å². The molecule has 4 rings (SSSR count). The fraction of sp³-hybridized carbons (Fsp3) is 0.429. The average Bonchev–Trinajstić information content (AvgIpc) is 3.35. The molecule has 0 spiro atoms. The number of likely N-dealkylation sites (N-methyl/N-ethyl adjacent to an activating group) is 1. The molecule has 0 aliphatic carbocycles. The summed E-state index contributed by atoms with van der Waals surface area (Å²) < 4.78 is 12.9. The maximum atomic E-state index is 12.8. The average molecular weight is 415 g/mol. The first-order valence-electron chi connectivity index (χ1n) is 9.81. The molecule has 1 amide bonds. The molecule has 2 aromatic heterocycles. The van der Waals surface area contributed by atoms with Gasteiger partial charge in [-0.05, 0) is 24.7 Å². The van der Waals surface area contributed by atoms with Crippen LogP contribution in [0.5, 0.6) is 11.5 Å². The Bertz CT molecular complexity index is 1000. The van der Waals surface area contributed by atoms with E-state index in [2.05, 4.69) is 11.8 Å². The standard InChI is InChI=1S/C21H26N4O3S/c1-4-23-7-9-24(10-8-23)20(26)11-15-14-29-21-22-18(13-25(15)21)17-12-16(27-2)5-6-19(17)28-3/h5-6,12-14H,4,7-11H2,1-3H3. The van der Waals surface area contributed by atoms with Crippen LogP contribution in [0.3, 0.4) is 0 Å². The molecule has 8 heteroatoms. The molecule has 0 saturated carbocycles. The van der Waals surface area contributed by atoms with Gasteiger partial charge in [0.2, 0.25) is 5.91 Å². The molecule has 3 heterocycles. The number of methoxy groups -OCH3 is 2. The van der Waals surface area contributed by atoms with E-state index >= 15 is 0 Å². The first-order chi connectivity index (χ1) is 14.1. The third-order valence-corrected chi connectivity index (χ3v) is 6.36. The van der Waals surface area contributed by atoms with Crippen LogP contribution in [0.4, 0.5) is 0 Å². The Morgan fingerprint density at radius 3 is 2.66 bits per heavy atom. The number of hydrogen-bond donors (Lipinski definition) is 0. The second-order valence-electron chi connectivity index (χ2n) is 7.06. The van der Waals surface area contributed by atoms with E-state index in [1.54, 1.807) is 25.6 Å². The summed E-state index contributed by atoms with van der Waals surface area (Å²) in [4.78, 5) is 22.8. The van der Waals surface area contributed by atoms with Gasteiger partial charge < -0.3 is 19.3 Å². The van der Waals surface area contributed by atoms with E-state index in [1.807, 2.05) is 39.1 Å². The lowest BCUT2D eigenvalue weighted by Gasteiger charge is -2.34. The van der Waals surface area contributed by atoms with E-state index < -0.39 is 0 Å². The van der Waals surface area contributed by atoms with E-state index in [0.29, 0.717) is 6.42 Å². The second-order valence-corrected chi connectivity index (χ2v) is 7.90. The number of carbonyl (C=O) groups excluding carboxylic acids is 1. The minimum atomic E-state index is 0.176. The number of aromatic nitrogens is 2. The van der Waals surface area contributed by atoms with Gasteiger partial charge in [-0.1, -0.05) is 6.92 Å². The van der Waals surface area contributed by atoms with Crippen LogP contribution in [0.25, 0.3) is 16.2 Å². The summed E-state index contributed by atoms with van der Waals surface area (Å²) in [5, 5.41) is 2.02. The van der Waals surface area contributed by atoms with Gasteiger partial charge in [-0.15, -0.1) is 11.3 Å². The van der Waals surface area contributed by atoms with Crippen molar-refractivity contribution in [1.29, 1.82) is 0 Å². The zero-order chi connectivity index (χ0) is 20.4. The van der Waals surface area contributed by atoms with Gasteiger partial charge in [0.1, 0.15) is 11.5 Å². The first kappa shape index (κ1) is 19.7. The number of fused-ring (bicyclic) bond motifs is 1. The second kappa shape index (κ2) is 8.42. The molecular weight excluding hydrogens is 388 g/mol. The van der Waals surface area contributed by atoms with Gasteiger partial charge in [0.05, 0.1) is 26.3 Å². The number of benzene rings is 1. The number of thiazole rings is 1. The fourth-order valence-electron chi connectivity index (χ4n) is 3.68. The normalized spacial score (nSPS) is 15.1. The van der Waals surface area contributed by atoms with E-state index in [0.717, 1.165) is 66.1 Å². The molecule has 0 atom stereocenters. The highest BCUT2D eigenvalue weighted by molar-refractivity contribution is 7.15. The molecule has 1 saturated heterocycles. The summed E-state index contributed by atoms with van der Waals surface area (Å²) in [7, 11) is 3.29. The van der Waals surface area contributed by atoms with Crippen molar-refractivity contribution in [2.45, 2.75) is 13.3 Å². The predicted molar refractivity (Wildman–Crippen MR) is 114 cm³/mol. The highest BCUT2D eigenvalue weighted by atomic mass is 32.1. The number of carbonyl (C=O) groups is 1. The number of nitrogens with zero attached hydrogens (tertiary/aromatic N) is 4. The van der Waals surface area contributed by atoms with Crippen LogP contribution in [0, 0.1) is 0 Å². The van der Waals surface area contributed by atoms with Gasteiger partial charge in [0.25, 0.3) is 0 Å². The number of rotatable bonds is 6. The monoisotopic (exact) mass is 414 g/mol. The van der Waals surface area contributed by atoms with Gasteiger partial charge in [-0.3, -0.25) is 9.20 Å². The molecule has 1 aliphatic rings. The molecule has 0 unspecified atom stereocenters. The Kier molecular flexibility index (Phi) is 5.73. The molecule has 0 N–H and O–H groups in total. The quantitative estimate of drug-likeness (QED) is 0.621. The molecule has 154 valence electrons. The van der Waals surface area contributed by atoms with Crippen molar-refractivity contribution in [3.8, 4) is 22.8 Å². The number of ether oxygens (including phenoxy) is 2. The Hall–Kier alpha value is -2.58. The number of hydrogen-bond acceptors (Lipinski definition) is 6. The Morgan fingerprint density at radius 1 is 1.17 bits per heavy atom. The molecule has 1 fully saturated rings. The fourth-order valence-corrected chi connectivity index (χ4v) is 4.55. The smallest absolute Gasteiger partial charge is 0.228 e. The van der Waals surface area contributed by atoms with Crippen molar-refractivity contribution in [2.24, 2.45) is 0 Å². The molecule has 3 aromatic rings. The zero-order valence-corrected chi connectivity index (χ0v) is 17.9. The summed E-state index contributed by atoms with van der Waals surface area (Å²) in [6, 6.07) is 5.66. The van der Waals surface area contributed by atoms with Crippen molar-refractivity contribution in [3.05, 3.63) is 35.5 Å². The molecule has 0 bridgehead atoms. The van der Waals surface area contributed by atoms with E-state index in [4.69, 9.17) is 14.5 Å². The Morgan fingerprint density at radius 2 is 1.97 bits per heavy atom. The Labute approximate surface area is 174 Å². The van der Waals surface area contributed by atoms with Gasteiger partial charge in [-0.2, -0.15) is 0 Å². The number of amides is 1. The third kappa shape index (κ3) is 3.95. The lowest BCUT2D eigenvalue weighted by molar-refractivity contribution is -0.132. The van der Waals surface area contributed by atoms with Gasteiger partial charge >= 0.3 is 0 Å². The lowest BCUT2D eigenvalue weighted by Crippen LogP contribution is -2.48. The summed E-state index contributed by atoms with van der Waals surface area (Å²) in [6.07, 6.45) is 2.36. The highest BCUT2D eigenvalue weighted by Gasteiger charge is 2.22. The summed E-state index contributed by atoms with van der Waals surface area (Å²) in [5.41, 5.74) is 2.64. The van der Waals surface area contributed by atoms with Crippen molar-refractivity contribution in [3.63, 3.8) is 0 Å². The first-order valence-corrected chi connectivity index (χ1v) is 10.7. The van der Waals surface area contributed by atoms with Gasteiger partial charge in [0.15, 0.2) is 4.96 Å². The van der Waals surface area contributed by atoms with Crippen LogP contribution in [0.1, 0.15) is 12.6 Å². The minimum absolute atomic E-state index is 0.176. The molecule has 1 aliphatic heterocycles. The third-order valence-electron chi connectivity index (χ3n) is 5.47. The minimum Gasteiger partial charge on any atom is -0.497 e. The summed E-state index contributed by atoms with van der Waals surface area (Å²) in [6.45, 7) is 6.71. The van der Waals surface area contributed by atoms with Crippen molar-refractivity contribution >= 4 is 22.2 Å². The van der Waals surface area contributed by atoms with Crippen molar-refractivity contribution in [2.75, 3.05) is 46.9 Å². The largest absolute Gasteiger partial charge is 0.497 e. The summed E-state index contributed by atoms with van der Waals surface area (Å²) >= 11 is 1.55. The molecule has 29 heavy (non-hydrogen) atoms. The maximum Gasteiger partial charge on any atom is 0.228 e. The lowest BCUT2D eigenvalue weighted by atomic mass is 10.1. The van der Waals surface area contributed by atoms with E-state index in [-0.39, 0.29) is 5.91 Å². The highest BCUT2D eigenvalue weighted by Crippen LogP contribution is 2.34. The zero-order valence-electron chi connectivity index (χ0n) is 17.1. The van der Waals surface area contributed by atoms with Gasteiger partial charge in [-0.25, -0.2) is 4.98 Å². The van der Waals surface area contributed by atoms with Crippen LogP contribution >= 0.6 is 11.3 Å². The van der Waals surface area contributed by atoms with Crippen LogP contribution < -0.4 is 9.47 Å². The predicted octanol–water partition coefficient (Wildman–Crippen LogP) is 2.79. The van der Waals surface area contributed by atoms with Crippen LogP contribution in [-0.2, 0) is 11.2 Å². The maximum absolute atomic E-state index is 12.8. The molecule has 1 aromatic carbocycles. The number of imidazole rings is 1. The van der Waals surface area contributed by atoms with E-state index in [9.17, 15) is 4.79 Å². The summed E-state index contributed by atoms with van der Waals surface area (Å²) in [5.74, 6) is 1.66. The van der Waals surface area contributed by atoms with Crippen LogP contribution in [0.2, 0.25) is 0 Å². The van der Waals surface area contributed by atoms with Crippen molar-refractivity contribution in [1.82, 2.24) is 19.2 Å². The Balaban J connectivity index is 1.56. The number of piperazine rings is 1. The van der Waals surface area contributed by atoms with Crippen molar-refractivity contribution < 1.29 is 14.3 Å². The van der Waals surface area contributed by atoms with Gasteiger partial charge in [0, 0.05) is 49.0 Å². The van der Waals surface area contributed by atoms with E-state index in [1.165, 1.54) is 0 Å². The SMILES string of the molecule is CCN1CCN(C(=O)Cc2csc3nc(-c4cc(OC)ccc4OC)cn23)CC1. The topological polar surface area (TPSA) is 59.3 Å². The molecule has 0 radical (unpaired) electrons. The van der Waals surface area contributed by atoms with Crippen LogP contribution in [-0.4, -0.2) is 72.0 Å². The molecule has 7 nitrogen and oxygen atoms in total.